The molecule has 1 aliphatic rings. The van der Waals surface area contributed by atoms with Crippen molar-refractivity contribution in [2.24, 2.45) is 5.92 Å². The Morgan fingerprint density at radius 1 is 1.26 bits per heavy atom. The van der Waals surface area contributed by atoms with Crippen molar-refractivity contribution < 1.29 is 5.11 Å². The van der Waals surface area contributed by atoms with Crippen molar-refractivity contribution in [1.29, 1.82) is 0 Å². The molecule has 1 saturated heterocycles. The molecular weight excluding hydrogens is 236 g/mol. The number of piperidine rings is 1. The summed E-state index contributed by atoms with van der Waals surface area (Å²) in [5.41, 5.74) is 1.27. The summed E-state index contributed by atoms with van der Waals surface area (Å²) in [6.45, 7) is 5.86. The molecule has 0 amide bonds. The molecule has 0 radical (unpaired) electrons. The van der Waals surface area contributed by atoms with Crippen LogP contribution in [-0.2, 0) is 0 Å². The number of phenolic OH excluding ortho intramolecular Hbond substituents is 1. The second-order valence-corrected chi connectivity index (χ2v) is 5.95. The summed E-state index contributed by atoms with van der Waals surface area (Å²) in [6.07, 6.45) is 2.62. The van der Waals surface area contributed by atoms with E-state index in [1.807, 2.05) is 12.1 Å². The maximum atomic E-state index is 9.34. The summed E-state index contributed by atoms with van der Waals surface area (Å²) in [4.78, 5) is 4.85. The maximum absolute atomic E-state index is 9.34. The van der Waals surface area contributed by atoms with Crippen LogP contribution >= 0.6 is 0 Å². The molecular formula is C16H26N2O. The average molecular weight is 262 g/mol. The molecule has 0 aromatic heterocycles. The minimum atomic E-state index is 0.342. The van der Waals surface area contributed by atoms with Crippen LogP contribution in [0.3, 0.4) is 0 Å². The Morgan fingerprint density at radius 2 is 1.84 bits per heavy atom. The minimum Gasteiger partial charge on any atom is -0.508 e. The van der Waals surface area contributed by atoms with Gasteiger partial charge in [-0.15, -0.1) is 0 Å². The number of aromatic hydroxyl groups is 1. The Morgan fingerprint density at radius 3 is 2.42 bits per heavy atom. The fraction of sp³-hybridized carbons (Fsp3) is 0.625. The van der Waals surface area contributed by atoms with Gasteiger partial charge >= 0.3 is 0 Å². The molecule has 3 heteroatoms. The molecule has 1 heterocycles. The van der Waals surface area contributed by atoms with E-state index in [2.05, 4.69) is 30.8 Å². The zero-order valence-corrected chi connectivity index (χ0v) is 12.3. The van der Waals surface area contributed by atoms with E-state index in [4.69, 9.17) is 0 Å². The SMILES string of the molecule is CC(c1ccc(O)cc1)N(C)CC1CCN(C)CC1. The quantitative estimate of drug-likeness (QED) is 0.904. The third-order valence-corrected chi connectivity index (χ3v) is 4.42. The molecule has 1 aromatic carbocycles. The number of rotatable bonds is 4. The van der Waals surface area contributed by atoms with Gasteiger partial charge in [0.1, 0.15) is 5.75 Å². The fourth-order valence-electron chi connectivity index (χ4n) is 2.82. The van der Waals surface area contributed by atoms with Gasteiger partial charge in [0.05, 0.1) is 0 Å². The van der Waals surface area contributed by atoms with Crippen LogP contribution in [0.25, 0.3) is 0 Å². The first-order chi connectivity index (χ1) is 9.06. The lowest BCUT2D eigenvalue weighted by atomic mass is 9.95. The van der Waals surface area contributed by atoms with Gasteiger partial charge in [-0.1, -0.05) is 12.1 Å². The van der Waals surface area contributed by atoms with E-state index < -0.39 is 0 Å². The predicted molar refractivity (Wildman–Crippen MR) is 79.4 cm³/mol. The van der Waals surface area contributed by atoms with Gasteiger partial charge in [-0.3, -0.25) is 4.90 Å². The topological polar surface area (TPSA) is 26.7 Å². The number of phenols is 1. The van der Waals surface area contributed by atoms with Gasteiger partial charge in [-0.25, -0.2) is 0 Å². The van der Waals surface area contributed by atoms with Crippen molar-refractivity contribution >= 4 is 0 Å². The molecule has 1 aromatic rings. The standard InChI is InChI=1S/C16H26N2O/c1-13(15-4-6-16(19)7-5-15)18(3)12-14-8-10-17(2)11-9-14/h4-7,13-14,19H,8-12H2,1-3H3. The first-order valence-corrected chi connectivity index (χ1v) is 7.24. The van der Waals surface area contributed by atoms with Gasteiger partial charge in [-0.2, -0.15) is 0 Å². The second kappa shape index (κ2) is 6.40. The van der Waals surface area contributed by atoms with Crippen LogP contribution < -0.4 is 0 Å². The third kappa shape index (κ3) is 3.95. The molecule has 0 bridgehead atoms. The van der Waals surface area contributed by atoms with E-state index in [1.54, 1.807) is 12.1 Å². The van der Waals surface area contributed by atoms with Crippen LogP contribution in [0.4, 0.5) is 0 Å². The number of likely N-dealkylation sites (tertiary alicyclic amines) is 1. The van der Waals surface area contributed by atoms with Crippen molar-refractivity contribution in [3.05, 3.63) is 29.8 Å². The Kier molecular flexibility index (Phi) is 4.83. The van der Waals surface area contributed by atoms with E-state index in [1.165, 1.54) is 31.5 Å². The molecule has 0 saturated carbocycles. The van der Waals surface area contributed by atoms with Crippen molar-refractivity contribution in [2.75, 3.05) is 33.7 Å². The van der Waals surface area contributed by atoms with Crippen molar-refractivity contribution in [1.82, 2.24) is 9.80 Å². The monoisotopic (exact) mass is 262 g/mol. The first-order valence-electron chi connectivity index (χ1n) is 7.24. The molecule has 1 atom stereocenters. The van der Waals surface area contributed by atoms with Gasteiger partial charge in [0, 0.05) is 12.6 Å². The van der Waals surface area contributed by atoms with E-state index >= 15 is 0 Å². The summed E-state index contributed by atoms with van der Waals surface area (Å²) in [6, 6.07) is 7.99. The van der Waals surface area contributed by atoms with Crippen LogP contribution in [0, 0.1) is 5.92 Å². The number of benzene rings is 1. The van der Waals surface area contributed by atoms with E-state index in [9.17, 15) is 5.11 Å². The lowest BCUT2D eigenvalue weighted by Gasteiger charge is -2.34. The molecule has 2 rings (SSSR count). The number of nitrogens with zero attached hydrogens (tertiary/aromatic N) is 2. The summed E-state index contributed by atoms with van der Waals surface area (Å²) >= 11 is 0. The maximum Gasteiger partial charge on any atom is 0.115 e. The summed E-state index contributed by atoms with van der Waals surface area (Å²) in [5, 5.41) is 9.34. The number of hydrogen-bond donors (Lipinski definition) is 1. The van der Waals surface area contributed by atoms with Crippen LogP contribution in [-0.4, -0.2) is 48.6 Å². The van der Waals surface area contributed by atoms with Gasteiger partial charge in [-0.05, 0) is 70.6 Å². The Balaban J connectivity index is 1.88. The third-order valence-electron chi connectivity index (χ3n) is 4.42. The zero-order chi connectivity index (χ0) is 13.8. The van der Waals surface area contributed by atoms with Gasteiger partial charge < -0.3 is 10.0 Å². The van der Waals surface area contributed by atoms with Gasteiger partial charge in [0.2, 0.25) is 0 Å². The highest BCUT2D eigenvalue weighted by molar-refractivity contribution is 5.27. The van der Waals surface area contributed by atoms with Gasteiger partial charge in [0.15, 0.2) is 0 Å². The Labute approximate surface area is 116 Å². The molecule has 19 heavy (non-hydrogen) atoms. The highest BCUT2D eigenvalue weighted by Gasteiger charge is 2.20. The largest absolute Gasteiger partial charge is 0.508 e. The minimum absolute atomic E-state index is 0.342. The smallest absolute Gasteiger partial charge is 0.115 e. The highest BCUT2D eigenvalue weighted by atomic mass is 16.3. The first kappa shape index (κ1) is 14.4. The molecule has 1 unspecified atom stereocenters. The average Bonchev–Trinajstić information content (AvgIpc) is 2.41. The molecule has 1 N–H and O–H groups in total. The highest BCUT2D eigenvalue weighted by Crippen LogP contribution is 2.24. The zero-order valence-electron chi connectivity index (χ0n) is 12.3. The molecule has 0 spiro atoms. The fourth-order valence-corrected chi connectivity index (χ4v) is 2.82. The molecule has 1 fully saturated rings. The van der Waals surface area contributed by atoms with E-state index in [0.29, 0.717) is 11.8 Å². The van der Waals surface area contributed by atoms with E-state index in [0.717, 1.165) is 12.5 Å². The molecule has 1 aliphatic heterocycles. The van der Waals surface area contributed by atoms with Crippen molar-refractivity contribution in [2.45, 2.75) is 25.8 Å². The summed E-state index contributed by atoms with van der Waals surface area (Å²) < 4.78 is 0. The Bertz CT molecular complexity index is 382. The van der Waals surface area contributed by atoms with Crippen molar-refractivity contribution in [3.63, 3.8) is 0 Å². The summed E-state index contributed by atoms with van der Waals surface area (Å²) in [5.74, 6) is 1.16. The second-order valence-electron chi connectivity index (χ2n) is 5.95. The molecule has 3 nitrogen and oxygen atoms in total. The molecule has 0 aliphatic carbocycles. The molecule has 106 valence electrons. The lowest BCUT2D eigenvalue weighted by Crippen LogP contribution is -2.36. The van der Waals surface area contributed by atoms with Gasteiger partial charge in [0.25, 0.3) is 0 Å². The van der Waals surface area contributed by atoms with Crippen LogP contribution in [0.1, 0.15) is 31.4 Å². The van der Waals surface area contributed by atoms with Crippen LogP contribution in [0.5, 0.6) is 5.75 Å². The predicted octanol–water partition coefficient (Wildman–Crippen LogP) is 2.73. The van der Waals surface area contributed by atoms with Crippen molar-refractivity contribution in [3.8, 4) is 5.75 Å². The normalized spacial score (nSPS) is 19.8. The summed E-state index contributed by atoms with van der Waals surface area (Å²) in [7, 11) is 4.41. The van der Waals surface area contributed by atoms with Crippen LogP contribution in [0.2, 0.25) is 0 Å². The van der Waals surface area contributed by atoms with E-state index in [-0.39, 0.29) is 0 Å². The number of hydrogen-bond acceptors (Lipinski definition) is 3. The van der Waals surface area contributed by atoms with Crippen LogP contribution in [0.15, 0.2) is 24.3 Å². The lowest BCUT2D eigenvalue weighted by molar-refractivity contribution is 0.155. The Hall–Kier alpha value is -1.06.